The molecule has 0 spiro atoms. The lowest BCUT2D eigenvalue weighted by molar-refractivity contribution is -0.134. The maximum Gasteiger partial charge on any atom is 0.239 e. The summed E-state index contributed by atoms with van der Waals surface area (Å²) in [5.74, 6) is -0.472. The van der Waals surface area contributed by atoms with Crippen molar-refractivity contribution in [2.45, 2.75) is 24.5 Å². The Morgan fingerprint density at radius 2 is 2.07 bits per heavy atom. The zero-order chi connectivity index (χ0) is 20.9. The first-order valence-electron chi connectivity index (χ1n) is 9.12. The smallest absolute Gasteiger partial charge is 0.239 e. The predicted octanol–water partition coefficient (Wildman–Crippen LogP) is -0.0938. The molecule has 2 aromatic rings. The molecule has 10 nitrogen and oxygen atoms in total. The minimum atomic E-state index is -3.07. The lowest BCUT2D eigenvalue weighted by Crippen LogP contribution is -2.45. The summed E-state index contributed by atoms with van der Waals surface area (Å²) in [6.45, 7) is 2.03. The van der Waals surface area contributed by atoms with Gasteiger partial charge in [0, 0.05) is 12.6 Å². The number of nitrogens with zero attached hydrogens (tertiary/aromatic N) is 5. The Kier molecular flexibility index (Phi) is 6.85. The van der Waals surface area contributed by atoms with Crippen LogP contribution < -0.4 is 5.32 Å². The van der Waals surface area contributed by atoms with Gasteiger partial charge in [0.25, 0.3) is 0 Å². The molecule has 3 rings (SSSR count). The van der Waals surface area contributed by atoms with Gasteiger partial charge in [0.15, 0.2) is 9.84 Å². The number of likely N-dealkylation sites (N-methyl/N-ethyl adjacent to an activating group) is 1. The number of amides is 2. The van der Waals surface area contributed by atoms with E-state index in [1.165, 1.54) is 16.7 Å². The van der Waals surface area contributed by atoms with Gasteiger partial charge >= 0.3 is 0 Å². The summed E-state index contributed by atoms with van der Waals surface area (Å²) in [6.07, 6.45) is 0.409. The van der Waals surface area contributed by atoms with Gasteiger partial charge in [-0.1, -0.05) is 30.0 Å². The van der Waals surface area contributed by atoms with Crippen LogP contribution >= 0.6 is 11.8 Å². The van der Waals surface area contributed by atoms with Crippen LogP contribution in [0.1, 0.15) is 13.3 Å². The van der Waals surface area contributed by atoms with Gasteiger partial charge in [-0.25, -0.2) is 8.42 Å². The van der Waals surface area contributed by atoms with E-state index in [-0.39, 0.29) is 41.7 Å². The topological polar surface area (TPSA) is 127 Å². The molecule has 0 bridgehead atoms. The van der Waals surface area contributed by atoms with Crippen molar-refractivity contribution in [3.63, 3.8) is 0 Å². The largest absolute Gasteiger partial charge is 0.351 e. The van der Waals surface area contributed by atoms with Gasteiger partial charge in [0.1, 0.15) is 0 Å². The summed E-state index contributed by atoms with van der Waals surface area (Å²) in [6, 6.07) is 8.94. The van der Waals surface area contributed by atoms with E-state index in [2.05, 4.69) is 20.8 Å². The molecule has 156 valence electrons. The highest BCUT2D eigenvalue weighted by molar-refractivity contribution is 7.99. The molecule has 1 atom stereocenters. The van der Waals surface area contributed by atoms with Crippen molar-refractivity contribution in [3.05, 3.63) is 30.3 Å². The standard InChI is InChI=1S/C17H22N6O4S2/c1-2-22(10-15(24)18-13-8-9-29(26,27)12-13)16(25)11-28-17-19-20-21-23(17)14-6-4-3-5-7-14/h3-7,13H,2,8-12H2,1H3,(H,18,24). The Balaban J connectivity index is 1.53. The van der Waals surface area contributed by atoms with Crippen LogP contribution in [0.4, 0.5) is 0 Å². The third-order valence-electron chi connectivity index (χ3n) is 4.43. The molecular weight excluding hydrogens is 416 g/mol. The molecule has 2 heterocycles. The Morgan fingerprint density at radius 3 is 2.72 bits per heavy atom. The normalized spacial score (nSPS) is 17.8. The molecular formula is C17H22N6O4S2. The lowest BCUT2D eigenvalue weighted by atomic mass is 10.2. The van der Waals surface area contributed by atoms with Crippen LogP contribution in [0.15, 0.2) is 35.5 Å². The van der Waals surface area contributed by atoms with Gasteiger partial charge in [-0.3, -0.25) is 9.59 Å². The fourth-order valence-corrected chi connectivity index (χ4v) is 5.42. The number of rotatable bonds is 8. The number of thioether (sulfide) groups is 1. The van der Waals surface area contributed by atoms with Crippen molar-refractivity contribution in [3.8, 4) is 5.69 Å². The van der Waals surface area contributed by atoms with Gasteiger partial charge in [-0.15, -0.1) is 5.10 Å². The van der Waals surface area contributed by atoms with E-state index in [1.54, 1.807) is 11.6 Å². The lowest BCUT2D eigenvalue weighted by Gasteiger charge is -2.21. The molecule has 1 unspecified atom stereocenters. The van der Waals surface area contributed by atoms with Crippen LogP contribution in [0, 0.1) is 0 Å². The second-order valence-corrected chi connectivity index (χ2v) is 9.74. The molecule has 0 saturated carbocycles. The van der Waals surface area contributed by atoms with Crippen LogP contribution in [0.5, 0.6) is 0 Å². The van der Waals surface area contributed by atoms with E-state index in [0.717, 1.165) is 5.69 Å². The van der Waals surface area contributed by atoms with Crippen molar-refractivity contribution in [1.29, 1.82) is 0 Å². The number of hydrogen-bond donors (Lipinski definition) is 1. The summed E-state index contributed by atoms with van der Waals surface area (Å²) in [5.41, 5.74) is 0.783. The fraction of sp³-hybridized carbons (Fsp3) is 0.471. The number of carbonyl (C=O) groups excluding carboxylic acids is 2. The first-order chi connectivity index (χ1) is 13.9. The average Bonchev–Trinajstić information content (AvgIpc) is 3.30. The molecule has 0 radical (unpaired) electrons. The zero-order valence-corrected chi connectivity index (χ0v) is 17.5. The molecule has 0 aliphatic carbocycles. The fourth-order valence-electron chi connectivity index (χ4n) is 2.95. The molecule has 1 aliphatic rings. The highest BCUT2D eigenvalue weighted by atomic mass is 32.2. The van der Waals surface area contributed by atoms with E-state index < -0.39 is 9.84 Å². The Bertz CT molecular complexity index is 963. The number of carbonyl (C=O) groups is 2. The Morgan fingerprint density at radius 1 is 1.31 bits per heavy atom. The number of hydrogen-bond acceptors (Lipinski definition) is 8. The molecule has 1 aliphatic heterocycles. The summed E-state index contributed by atoms with van der Waals surface area (Å²) < 4.78 is 24.5. The number of nitrogens with one attached hydrogen (secondary N) is 1. The third kappa shape index (κ3) is 5.76. The summed E-state index contributed by atoms with van der Waals surface area (Å²) in [5, 5.41) is 14.7. The Labute approximate surface area is 172 Å². The molecule has 1 fully saturated rings. The number of tetrazole rings is 1. The van der Waals surface area contributed by atoms with E-state index in [1.807, 2.05) is 30.3 Å². The number of benzene rings is 1. The predicted molar refractivity (Wildman–Crippen MR) is 107 cm³/mol. The maximum atomic E-state index is 12.5. The van der Waals surface area contributed by atoms with Gasteiger partial charge in [-0.05, 0) is 35.9 Å². The minimum absolute atomic E-state index is 0.0448. The number of aromatic nitrogens is 4. The van der Waals surface area contributed by atoms with Crippen LogP contribution in [-0.2, 0) is 19.4 Å². The third-order valence-corrected chi connectivity index (χ3v) is 7.10. The van der Waals surface area contributed by atoms with Crippen molar-refractivity contribution in [2.75, 3.05) is 30.3 Å². The number of para-hydroxylation sites is 1. The van der Waals surface area contributed by atoms with Gasteiger partial charge in [0.2, 0.25) is 17.0 Å². The van der Waals surface area contributed by atoms with Crippen molar-refractivity contribution >= 4 is 33.4 Å². The summed E-state index contributed by atoms with van der Waals surface area (Å²) in [4.78, 5) is 26.2. The highest BCUT2D eigenvalue weighted by Gasteiger charge is 2.29. The van der Waals surface area contributed by atoms with Gasteiger partial charge < -0.3 is 10.2 Å². The van der Waals surface area contributed by atoms with Gasteiger partial charge in [-0.2, -0.15) is 4.68 Å². The maximum absolute atomic E-state index is 12.5. The zero-order valence-electron chi connectivity index (χ0n) is 15.9. The first kappa shape index (κ1) is 21.2. The molecule has 1 aromatic heterocycles. The van der Waals surface area contributed by atoms with Crippen LogP contribution in [-0.4, -0.2) is 81.7 Å². The van der Waals surface area contributed by atoms with E-state index in [9.17, 15) is 18.0 Å². The Hall–Kier alpha value is -2.47. The second-order valence-electron chi connectivity index (χ2n) is 6.57. The molecule has 29 heavy (non-hydrogen) atoms. The highest BCUT2D eigenvalue weighted by Crippen LogP contribution is 2.18. The van der Waals surface area contributed by atoms with E-state index >= 15 is 0 Å². The van der Waals surface area contributed by atoms with E-state index in [0.29, 0.717) is 18.1 Å². The molecule has 1 aromatic carbocycles. The van der Waals surface area contributed by atoms with Crippen molar-refractivity contribution in [2.24, 2.45) is 0 Å². The summed E-state index contributed by atoms with van der Waals surface area (Å²) in [7, 11) is -3.07. The molecule has 1 N–H and O–H groups in total. The molecule has 12 heteroatoms. The SMILES string of the molecule is CCN(CC(=O)NC1CCS(=O)(=O)C1)C(=O)CSc1nnnn1-c1ccccc1. The van der Waals surface area contributed by atoms with Crippen LogP contribution in [0.25, 0.3) is 5.69 Å². The first-order valence-corrected chi connectivity index (χ1v) is 11.9. The average molecular weight is 439 g/mol. The quantitative estimate of drug-likeness (QED) is 0.567. The minimum Gasteiger partial charge on any atom is -0.351 e. The summed E-state index contributed by atoms with van der Waals surface area (Å²) >= 11 is 1.18. The number of sulfone groups is 1. The monoisotopic (exact) mass is 438 g/mol. The van der Waals surface area contributed by atoms with Crippen molar-refractivity contribution < 1.29 is 18.0 Å². The van der Waals surface area contributed by atoms with Crippen LogP contribution in [0.2, 0.25) is 0 Å². The van der Waals surface area contributed by atoms with Crippen LogP contribution in [0.3, 0.4) is 0 Å². The van der Waals surface area contributed by atoms with Crippen molar-refractivity contribution in [1.82, 2.24) is 30.4 Å². The van der Waals surface area contributed by atoms with E-state index in [4.69, 9.17) is 0 Å². The molecule has 1 saturated heterocycles. The molecule has 2 amide bonds. The second kappa shape index (κ2) is 9.35. The van der Waals surface area contributed by atoms with Gasteiger partial charge in [0.05, 0.1) is 29.5 Å².